The van der Waals surface area contributed by atoms with Crippen molar-refractivity contribution in [2.75, 3.05) is 0 Å². The third kappa shape index (κ3) is 4.85. The minimum Gasteiger partial charge on any atom is -0.352 e. The topological polar surface area (TPSA) is 90.9 Å². The van der Waals surface area contributed by atoms with Crippen LogP contribution in [0.5, 0.6) is 0 Å². The quantitative estimate of drug-likeness (QED) is 0.439. The van der Waals surface area contributed by atoms with Gasteiger partial charge in [0.25, 0.3) is 5.56 Å². The fraction of sp³-hybridized carbons (Fsp3) is 0.308. The number of amides is 1. The Hall–Kier alpha value is -3.94. The first-order chi connectivity index (χ1) is 16.3. The smallest absolute Gasteiger partial charge is 0.333 e. The molecule has 2 heterocycles. The Bertz CT molecular complexity index is 1400. The molecular formula is C26H29N5O3. The Morgan fingerprint density at radius 2 is 1.47 bits per heavy atom. The van der Waals surface area contributed by atoms with Crippen molar-refractivity contribution in [1.82, 2.24) is 24.0 Å². The van der Waals surface area contributed by atoms with E-state index in [-0.39, 0.29) is 31.0 Å². The van der Waals surface area contributed by atoms with E-state index in [2.05, 4.69) is 10.3 Å². The molecule has 0 saturated carbocycles. The lowest BCUT2D eigenvalue weighted by Crippen LogP contribution is -2.46. The molecular weight excluding hydrogens is 430 g/mol. The molecule has 1 N–H and O–H groups in total. The second kappa shape index (κ2) is 9.91. The fourth-order valence-electron chi connectivity index (χ4n) is 3.80. The Labute approximate surface area is 197 Å². The van der Waals surface area contributed by atoms with Gasteiger partial charge < -0.3 is 9.88 Å². The molecule has 2 aromatic carbocycles. The molecule has 1 unspecified atom stereocenters. The Morgan fingerprint density at radius 1 is 0.882 bits per heavy atom. The third-order valence-corrected chi connectivity index (χ3v) is 6.05. The van der Waals surface area contributed by atoms with Gasteiger partial charge in [0.1, 0.15) is 6.54 Å². The SMILES string of the molecule is CC(C)C(C)NC(=O)Cn1c(=O)c2c(ncn2Cc2ccccc2)n(Cc2ccccc2)c1=O. The molecule has 4 aromatic rings. The maximum Gasteiger partial charge on any atom is 0.333 e. The maximum absolute atomic E-state index is 13.5. The van der Waals surface area contributed by atoms with Gasteiger partial charge in [0.15, 0.2) is 11.2 Å². The largest absolute Gasteiger partial charge is 0.352 e. The van der Waals surface area contributed by atoms with E-state index in [9.17, 15) is 14.4 Å². The molecule has 0 aliphatic heterocycles. The van der Waals surface area contributed by atoms with Crippen LogP contribution in [0.3, 0.4) is 0 Å². The molecule has 0 radical (unpaired) electrons. The molecule has 8 heteroatoms. The lowest BCUT2D eigenvalue weighted by Gasteiger charge is -2.18. The molecule has 0 spiro atoms. The minimum absolute atomic E-state index is 0.0814. The van der Waals surface area contributed by atoms with Crippen molar-refractivity contribution in [2.24, 2.45) is 5.92 Å². The van der Waals surface area contributed by atoms with E-state index in [1.54, 1.807) is 10.9 Å². The van der Waals surface area contributed by atoms with E-state index >= 15 is 0 Å². The van der Waals surface area contributed by atoms with Crippen LogP contribution in [-0.4, -0.2) is 30.6 Å². The number of hydrogen-bond acceptors (Lipinski definition) is 4. The van der Waals surface area contributed by atoms with Gasteiger partial charge in [-0.1, -0.05) is 74.5 Å². The van der Waals surface area contributed by atoms with Crippen LogP contribution >= 0.6 is 0 Å². The number of rotatable bonds is 8. The summed E-state index contributed by atoms with van der Waals surface area (Å²) in [6.45, 7) is 6.21. The molecule has 1 amide bonds. The summed E-state index contributed by atoms with van der Waals surface area (Å²) in [5, 5.41) is 2.88. The number of hydrogen-bond donors (Lipinski definition) is 1. The fourth-order valence-corrected chi connectivity index (χ4v) is 3.80. The van der Waals surface area contributed by atoms with Gasteiger partial charge in [0.2, 0.25) is 5.91 Å². The molecule has 0 bridgehead atoms. The van der Waals surface area contributed by atoms with Crippen LogP contribution in [0, 0.1) is 5.92 Å². The van der Waals surface area contributed by atoms with Crippen LogP contribution < -0.4 is 16.6 Å². The van der Waals surface area contributed by atoms with Crippen molar-refractivity contribution in [2.45, 2.75) is 46.4 Å². The van der Waals surface area contributed by atoms with Gasteiger partial charge in [0.05, 0.1) is 12.9 Å². The second-order valence-corrected chi connectivity index (χ2v) is 8.88. The van der Waals surface area contributed by atoms with Crippen LogP contribution in [0.1, 0.15) is 31.9 Å². The number of nitrogens with one attached hydrogen (secondary N) is 1. The summed E-state index contributed by atoms with van der Waals surface area (Å²) in [5.41, 5.74) is 1.42. The molecule has 0 fully saturated rings. The summed E-state index contributed by atoms with van der Waals surface area (Å²) < 4.78 is 4.21. The number of aromatic nitrogens is 4. The van der Waals surface area contributed by atoms with E-state index in [1.165, 1.54) is 4.57 Å². The predicted molar refractivity (Wildman–Crippen MR) is 132 cm³/mol. The normalized spacial score (nSPS) is 12.2. The van der Waals surface area contributed by atoms with Crippen molar-refractivity contribution >= 4 is 17.1 Å². The van der Waals surface area contributed by atoms with Crippen LogP contribution in [0.4, 0.5) is 0 Å². The standard InChI is InChI=1S/C26H29N5O3/c1-18(2)19(3)28-22(32)16-31-25(33)23-24(27-17-29(23)14-20-10-6-4-7-11-20)30(26(31)34)15-21-12-8-5-9-13-21/h4-13,17-19H,14-16H2,1-3H3,(H,28,32). The lowest BCUT2D eigenvalue weighted by molar-refractivity contribution is -0.122. The van der Waals surface area contributed by atoms with Gasteiger partial charge in [0, 0.05) is 12.6 Å². The van der Waals surface area contributed by atoms with Crippen molar-refractivity contribution in [3.63, 3.8) is 0 Å². The van der Waals surface area contributed by atoms with Crippen LogP contribution in [-0.2, 0) is 24.4 Å². The van der Waals surface area contributed by atoms with Gasteiger partial charge in [-0.05, 0) is 24.0 Å². The number of carbonyl (C=O) groups excluding carboxylic acids is 1. The van der Waals surface area contributed by atoms with Crippen molar-refractivity contribution in [3.8, 4) is 0 Å². The highest BCUT2D eigenvalue weighted by atomic mass is 16.2. The highest BCUT2D eigenvalue weighted by Gasteiger charge is 2.21. The average molecular weight is 460 g/mol. The molecule has 0 saturated heterocycles. The first-order valence-corrected chi connectivity index (χ1v) is 11.4. The highest BCUT2D eigenvalue weighted by molar-refractivity contribution is 5.77. The van der Waals surface area contributed by atoms with E-state index in [0.29, 0.717) is 17.7 Å². The van der Waals surface area contributed by atoms with Gasteiger partial charge in [-0.2, -0.15) is 0 Å². The van der Waals surface area contributed by atoms with E-state index in [1.807, 2.05) is 81.4 Å². The predicted octanol–water partition coefficient (Wildman–Crippen LogP) is 2.62. The number of carbonyl (C=O) groups is 1. The molecule has 34 heavy (non-hydrogen) atoms. The monoisotopic (exact) mass is 459 g/mol. The second-order valence-electron chi connectivity index (χ2n) is 8.88. The minimum atomic E-state index is -0.557. The number of fused-ring (bicyclic) bond motifs is 1. The first kappa shape index (κ1) is 23.2. The number of benzene rings is 2. The van der Waals surface area contributed by atoms with E-state index < -0.39 is 11.2 Å². The third-order valence-electron chi connectivity index (χ3n) is 6.05. The Morgan fingerprint density at radius 3 is 2.06 bits per heavy atom. The molecule has 176 valence electrons. The molecule has 4 rings (SSSR count). The molecule has 0 aliphatic rings. The van der Waals surface area contributed by atoms with Gasteiger partial charge in [-0.3, -0.25) is 14.2 Å². The Kier molecular flexibility index (Phi) is 6.77. The van der Waals surface area contributed by atoms with Crippen molar-refractivity contribution in [3.05, 3.63) is 99.0 Å². The number of nitrogens with zero attached hydrogens (tertiary/aromatic N) is 4. The maximum atomic E-state index is 13.5. The zero-order chi connectivity index (χ0) is 24.2. The van der Waals surface area contributed by atoms with Crippen LogP contribution in [0.25, 0.3) is 11.2 Å². The molecule has 8 nitrogen and oxygen atoms in total. The van der Waals surface area contributed by atoms with Gasteiger partial charge in [-0.15, -0.1) is 0 Å². The number of imidazole rings is 1. The van der Waals surface area contributed by atoms with Crippen molar-refractivity contribution < 1.29 is 4.79 Å². The summed E-state index contributed by atoms with van der Waals surface area (Å²) in [5.74, 6) is -0.148. The summed E-state index contributed by atoms with van der Waals surface area (Å²) in [6, 6.07) is 19.1. The van der Waals surface area contributed by atoms with Crippen molar-refractivity contribution in [1.29, 1.82) is 0 Å². The molecule has 1 atom stereocenters. The summed E-state index contributed by atoms with van der Waals surface area (Å²) >= 11 is 0. The van der Waals surface area contributed by atoms with Crippen LogP contribution in [0.15, 0.2) is 76.6 Å². The molecule has 0 aliphatic carbocycles. The van der Waals surface area contributed by atoms with E-state index in [0.717, 1.165) is 15.7 Å². The zero-order valence-electron chi connectivity index (χ0n) is 19.6. The average Bonchev–Trinajstić information content (AvgIpc) is 3.24. The van der Waals surface area contributed by atoms with Gasteiger partial charge >= 0.3 is 5.69 Å². The first-order valence-electron chi connectivity index (χ1n) is 11.4. The lowest BCUT2D eigenvalue weighted by atomic mass is 10.1. The summed E-state index contributed by atoms with van der Waals surface area (Å²) in [6.07, 6.45) is 1.57. The van der Waals surface area contributed by atoms with Crippen LogP contribution in [0.2, 0.25) is 0 Å². The highest BCUT2D eigenvalue weighted by Crippen LogP contribution is 2.12. The van der Waals surface area contributed by atoms with E-state index in [4.69, 9.17) is 0 Å². The molecule has 2 aromatic heterocycles. The zero-order valence-corrected chi connectivity index (χ0v) is 19.6. The Balaban J connectivity index is 1.83. The summed E-state index contributed by atoms with van der Waals surface area (Å²) in [4.78, 5) is 44.1. The van der Waals surface area contributed by atoms with Gasteiger partial charge in [-0.25, -0.2) is 14.3 Å². The summed E-state index contributed by atoms with van der Waals surface area (Å²) in [7, 11) is 0.